The Labute approximate surface area is 164 Å². The molecule has 6 heteroatoms. The van der Waals surface area contributed by atoms with Gasteiger partial charge in [0.2, 0.25) is 0 Å². The molecule has 6 nitrogen and oxygen atoms in total. The van der Waals surface area contributed by atoms with E-state index in [-0.39, 0.29) is 25.6 Å². The number of aliphatic hydroxyl groups excluding tert-OH is 1. The van der Waals surface area contributed by atoms with E-state index in [4.69, 9.17) is 9.47 Å². The summed E-state index contributed by atoms with van der Waals surface area (Å²) in [5.41, 5.74) is -2.07. The van der Waals surface area contributed by atoms with Gasteiger partial charge < -0.3 is 19.7 Å². The lowest BCUT2D eigenvalue weighted by Crippen LogP contribution is -2.68. The standard InChI is InChI=1S/C22H28O6/c1-20(12-23)9-6-10-21(2)17(20)16(11-15-19(25)27-13-22(15,21)26)28-18(24)14-7-4-3-5-8-14/h3-5,7-8,15-17,23,26H,6,9-13H2,1-2H3/t15-,16-,17-,20+,21-,22-/m1/s1. The van der Waals surface area contributed by atoms with Crippen LogP contribution in [0.2, 0.25) is 0 Å². The fourth-order valence-electron chi connectivity index (χ4n) is 6.16. The Hall–Kier alpha value is -1.92. The molecule has 2 N–H and O–H groups in total. The molecule has 152 valence electrons. The first-order chi connectivity index (χ1) is 13.2. The van der Waals surface area contributed by atoms with Crippen molar-refractivity contribution in [1.29, 1.82) is 0 Å². The summed E-state index contributed by atoms with van der Waals surface area (Å²) in [6.45, 7) is 3.84. The van der Waals surface area contributed by atoms with Crippen molar-refractivity contribution in [3.8, 4) is 0 Å². The highest BCUT2D eigenvalue weighted by Gasteiger charge is 2.71. The molecule has 2 aliphatic carbocycles. The molecule has 0 aromatic heterocycles. The fraction of sp³-hybridized carbons (Fsp3) is 0.636. The number of ether oxygens (including phenoxy) is 2. The summed E-state index contributed by atoms with van der Waals surface area (Å²) in [5.74, 6) is -1.87. The van der Waals surface area contributed by atoms with Gasteiger partial charge >= 0.3 is 11.9 Å². The molecule has 0 radical (unpaired) electrons. The number of aliphatic hydroxyl groups is 2. The lowest BCUT2D eigenvalue weighted by molar-refractivity contribution is -0.238. The minimum absolute atomic E-state index is 0.0373. The molecule has 1 saturated heterocycles. The lowest BCUT2D eigenvalue weighted by Gasteiger charge is -2.62. The number of rotatable bonds is 3. The summed E-state index contributed by atoms with van der Waals surface area (Å²) in [6, 6.07) is 8.75. The molecule has 0 bridgehead atoms. The molecule has 6 atom stereocenters. The number of benzene rings is 1. The van der Waals surface area contributed by atoms with Crippen molar-refractivity contribution in [2.75, 3.05) is 13.2 Å². The van der Waals surface area contributed by atoms with E-state index in [9.17, 15) is 19.8 Å². The first-order valence-electron chi connectivity index (χ1n) is 10.0. The van der Waals surface area contributed by atoms with Gasteiger partial charge in [0, 0.05) is 24.4 Å². The molecular formula is C22H28O6. The summed E-state index contributed by atoms with van der Waals surface area (Å²) >= 11 is 0. The highest BCUT2D eigenvalue weighted by atomic mass is 16.6. The zero-order valence-electron chi connectivity index (χ0n) is 16.4. The Kier molecular flexibility index (Phi) is 4.55. The van der Waals surface area contributed by atoms with E-state index >= 15 is 0 Å². The number of cyclic esters (lactones) is 1. The molecule has 0 unspecified atom stereocenters. The maximum atomic E-state index is 12.8. The van der Waals surface area contributed by atoms with Gasteiger partial charge in [-0.05, 0) is 30.4 Å². The summed E-state index contributed by atoms with van der Waals surface area (Å²) in [4.78, 5) is 25.2. The highest BCUT2D eigenvalue weighted by molar-refractivity contribution is 5.89. The van der Waals surface area contributed by atoms with E-state index in [1.165, 1.54) is 0 Å². The SMILES string of the molecule is C[C@@]1(CO)CCC[C@]2(C)[C@@H]1[C@H](OC(=O)c1ccccc1)C[C@@H]1C(=O)OC[C@@]12O. The van der Waals surface area contributed by atoms with E-state index < -0.39 is 40.4 Å². The summed E-state index contributed by atoms with van der Waals surface area (Å²) < 4.78 is 11.2. The minimum atomic E-state index is -1.30. The van der Waals surface area contributed by atoms with Gasteiger partial charge in [-0.3, -0.25) is 4.79 Å². The second-order valence-electron chi connectivity index (χ2n) is 9.19. The monoisotopic (exact) mass is 388 g/mol. The second kappa shape index (κ2) is 6.56. The highest BCUT2D eigenvalue weighted by Crippen LogP contribution is 2.64. The third-order valence-electron chi connectivity index (χ3n) is 7.63. The van der Waals surface area contributed by atoms with Crippen LogP contribution in [0.5, 0.6) is 0 Å². The third kappa shape index (κ3) is 2.61. The summed E-state index contributed by atoms with van der Waals surface area (Å²) in [6.07, 6.45) is 1.93. The quantitative estimate of drug-likeness (QED) is 0.772. The van der Waals surface area contributed by atoms with Crippen molar-refractivity contribution in [3.63, 3.8) is 0 Å². The average molecular weight is 388 g/mol. The molecule has 0 spiro atoms. The maximum Gasteiger partial charge on any atom is 0.338 e. The molecule has 1 heterocycles. The van der Waals surface area contributed by atoms with Crippen LogP contribution in [-0.4, -0.2) is 47.1 Å². The van der Waals surface area contributed by atoms with Gasteiger partial charge in [0.1, 0.15) is 18.3 Å². The minimum Gasteiger partial charge on any atom is -0.462 e. The van der Waals surface area contributed by atoms with Gasteiger partial charge in [-0.1, -0.05) is 38.5 Å². The first kappa shape index (κ1) is 19.4. The van der Waals surface area contributed by atoms with Crippen molar-refractivity contribution in [1.82, 2.24) is 0 Å². The molecule has 1 aromatic carbocycles. The Balaban J connectivity index is 1.74. The Bertz CT molecular complexity index is 778. The van der Waals surface area contributed by atoms with Crippen LogP contribution in [0.4, 0.5) is 0 Å². The van der Waals surface area contributed by atoms with Crippen LogP contribution >= 0.6 is 0 Å². The van der Waals surface area contributed by atoms with Crippen LogP contribution in [-0.2, 0) is 14.3 Å². The average Bonchev–Trinajstić information content (AvgIpc) is 2.98. The first-order valence-corrected chi connectivity index (χ1v) is 10.0. The number of carbonyl (C=O) groups is 2. The predicted molar refractivity (Wildman–Crippen MR) is 100 cm³/mol. The molecule has 1 aromatic rings. The predicted octanol–water partition coefficient (Wildman–Crippen LogP) is 2.32. The van der Waals surface area contributed by atoms with Crippen LogP contribution in [0.25, 0.3) is 0 Å². The van der Waals surface area contributed by atoms with E-state index in [1.54, 1.807) is 24.3 Å². The number of carbonyl (C=O) groups excluding carboxylic acids is 2. The summed E-state index contributed by atoms with van der Waals surface area (Å²) in [7, 11) is 0. The molecule has 0 amide bonds. The van der Waals surface area contributed by atoms with Crippen LogP contribution in [0, 0.1) is 22.7 Å². The fourth-order valence-corrected chi connectivity index (χ4v) is 6.16. The molecule has 1 aliphatic heterocycles. The van der Waals surface area contributed by atoms with Gasteiger partial charge in [0.25, 0.3) is 0 Å². The zero-order valence-corrected chi connectivity index (χ0v) is 16.4. The van der Waals surface area contributed by atoms with Crippen LogP contribution < -0.4 is 0 Å². The number of hydrogen-bond acceptors (Lipinski definition) is 6. The van der Waals surface area contributed by atoms with Crippen molar-refractivity contribution < 1.29 is 29.3 Å². The van der Waals surface area contributed by atoms with Gasteiger partial charge in [-0.15, -0.1) is 0 Å². The van der Waals surface area contributed by atoms with Gasteiger partial charge in [0.05, 0.1) is 11.5 Å². The number of fused-ring (bicyclic) bond motifs is 3. The van der Waals surface area contributed by atoms with Gasteiger partial charge in [-0.25, -0.2) is 4.79 Å². The topological polar surface area (TPSA) is 93.1 Å². The van der Waals surface area contributed by atoms with Gasteiger partial charge in [0.15, 0.2) is 0 Å². The van der Waals surface area contributed by atoms with Gasteiger partial charge in [-0.2, -0.15) is 0 Å². The lowest BCUT2D eigenvalue weighted by atomic mass is 9.44. The Morgan fingerprint density at radius 2 is 1.96 bits per heavy atom. The molecular weight excluding hydrogens is 360 g/mol. The second-order valence-corrected chi connectivity index (χ2v) is 9.19. The van der Waals surface area contributed by atoms with E-state index in [0.29, 0.717) is 12.0 Å². The van der Waals surface area contributed by atoms with E-state index in [1.807, 2.05) is 19.9 Å². The maximum absolute atomic E-state index is 12.8. The zero-order chi connectivity index (χ0) is 20.2. The van der Waals surface area contributed by atoms with Crippen molar-refractivity contribution in [2.45, 2.75) is 51.2 Å². The Morgan fingerprint density at radius 3 is 2.64 bits per heavy atom. The van der Waals surface area contributed by atoms with E-state index in [2.05, 4.69) is 0 Å². The molecule has 3 aliphatic rings. The van der Waals surface area contributed by atoms with Crippen LogP contribution in [0.1, 0.15) is 49.9 Å². The Morgan fingerprint density at radius 1 is 1.25 bits per heavy atom. The third-order valence-corrected chi connectivity index (χ3v) is 7.63. The van der Waals surface area contributed by atoms with E-state index in [0.717, 1.165) is 12.8 Å². The molecule has 28 heavy (non-hydrogen) atoms. The summed E-state index contributed by atoms with van der Waals surface area (Å²) in [5, 5.41) is 21.8. The van der Waals surface area contributed by atoms with Crippen molar-refractivity contribution in [2.24, 2.45) is 22.7 Å². The molecule has 4 rings (SSSR count). The normalized spacial score (nSPS) is 42.3. The van der Waals surface area contributed by atoms with Crippen LogP contribution in [0.15, 0.2) is 30.3 Å². The number of esters is 2. The molecule has 2 saturated carbocycles. The number of hydrogen-bond donors (Lipinski definition) is 2. The van der Waals surface area contributed by atoms with Crippen LogP contribution in [0.3, 0.4) is 0 Å². The molecule has 3 fully saturated rings. The van der Waals surface area contributed by atoms with Crippen molar-refractivity contribution in [3.05, 3.63) is 35.9 Å². The smallest absolute Gasteiger partial charge is 0.338 e. The largest absolute Gasteiger partial charge is 0.462 e. The van der Waals surface area contributed by atoms with Crippen molar-refractivity contribution >= 4 is 11.9 Å².